The van der Waals surface area contributed by atoms with Gasteiger partial charge in [-0.2, -0.15) is 0 Å². The predicted octanol–water partition coefficient (Wildman–Crippen LogP) is 1.91. The lowest BCUT2D eigenvalue weighted by molar-refractivity contribution is 0.164. The van der Waals surface area contributed by atoms with Crippen LogP contribution in [0.3, 0.4) is 0 Å². The summed E-state index contributed by atoms with van der Waals surface area (Å²) in [4.78, 5) is 15.9. The van der Waals surface area contributed by atoms with Gasteiger partial charge in [0.15, 0.2) is 0 Å². The van der Waals surface area contributed by atoms with Crippen LogP contribution in [0.2, 0.25) is 0 Å². The van der Waals surface area contributed by atoms with Crippen molar-refractivity contribution in [3.63, 3.8) is 0 Å². The van der Waals surface area contributed by atoms with Gasteiger partial charge in [-0.3, -0.25) is 0 Å². The third kappa shape index (κ3) is 2.98. The molecule has 1 N–H and O–H groups in total. The quantitative estimate of drug-likeness (QED) is 0.827. The van der Waals surface area contributed by atoms with Gasteiger partial charge < -0.3 is 15.1 Å². The second-order valence-electron chi connectivity index (χ2n) is 4.68. The molecule has 2 rings (SSSR count). The van der Waals surface area contributed by atoms with Crippen LogP contribution in [-0.4, -0.2) is 49.1 Å². The first-order chi connectivity index (χ1) is 8.56. The van der Waals surface area contributed by atoms with E-state index in [4.69, 9.17) is 0 Å². The van der Waals surface area contributed by atoms with Crippen LogP contribution in [0.25, 0.3) is 0 Å². The van der Waals surface area contributed by atoms with Crippen molar-refractivity contribution in [2.45, 2.75) is 6.92 Å². The molecule has 0 atom stereocenters. The number of piperazine rings is 1. The van der Waals surface area contributed by atoms with Crippen molar-refractivity contribution in [1.29, 1.82) is 0 Å². The maximum absolute atomic E-state index is 13.4. The number of likely N-dealkylation sites (N-methyl/N-ethyl adjacent to an activating group) is 1. The number of anilines is 1. The largest absolute Gasteiger partial charge is 0.322 e. The van der Waals surface area contributed by atoms with E-state index in [1.807, 2.05) is 7.05 Å². The van der Waals surface area contributed by atoms with E-state index in [2.05, 4.69) is 10.2 Å². The van der Waals surface area contributed by atoms with E-state index in [0.29, 0.717) is 24.3 Å². The van der Waals surface area contributed by atoms with Gasteiger partial charge in [0.05, 0.1) is 0 Å². The Morgan fingerprint density at radius 2 is 1.94 bits per heavy atom. The van der Waals surface area contributed by atoms with Crippen LogP contribution in [0, 0.1) is 12.7 Å². The Hall–Kier alpha value is -1.62. The second kappa shape index (κ2) is 5.35. The fourth-order valence-electron chi connectivity index (χ4n) is 1.88. The fraction of sp³-hybridized carbons (Fsp3) is 0.462. The third-order valence-electron chi connectivity index (χ3n) is 3.21. The third-order valence-corrected chi connectivity index (χ3v) is 3.21. The number of urea groups is 1. The summed E-state index contributed by atoms with van der Waals surface area (Å²) in [5.74, 6) is -0.300. The number of benzene rings is 1. The summed E-state index contributed by atoms with van der Waals surface area (Å²) < 4.78 is 13.4. The molecule has 2 amide bonds. The Balaban J connectivity index is 1.96. The lowest BCUT2D eigenvalue weighted by Gasteiger charge is -2.32. The summed E-state index contributed by atoms with van der Waals surface area (Å²) in [6, 6.07) is 4.57. The number of amides is 2. The van der Waals surface area contributed by atoms with Crippen molar-refractivity contribution in [1.82, 2.24) is 9.80 Å². The van der Waals surface area contributed by atoms with Crippen LogP contribution in [0.15, 0.2) is 18.2 Å². The summed E-state index contributed by atoms with van der Waals surface area (Å²) in [7, 11) is 2.03. The Morgan fingerprint density at radius 3 is 2.56 bits per heavy atom. The van der Waals surface area contributed by atoms with E-state index >= 15 is 0 Å². The molecule has 1 aromatic carbocycles. The molecule has 1 fully saturated rings. The average molecular weight is 251 g/mol. The van der Waals surface area contributed by atoms with Gasteiger partial charge in [0.1, 0.15) is 5.82 Å². The molecule has 0 unspecified atom stereocenters. The molecule has 0 aromatic heterocycles. The summed E-state index contributed by atoms with van der Waals surface area (Å²) in [5.41, 5.74) is 1.08. The number of nitrogens with zero attached hydrogens (tertiary/aromatic N) is 2. The highest BCUT2D eigenvalue weighted by Gasteiger charge is 2.18. The van der Waals surface area contributed by atoms with E-state index in [1.165, 1.54) is 6.07 Å². The van der Waals surface area contributed by atoms with Crippen molar-refractivity contribution in [2.24, 2.45) is 0 Å². The molecule has 1 heterocycles. The molecule has 18 heavy (non-hydrogen) atoms. The van der Waals surface area contributed by atoms with Gasteiger partial charge in [-0.1, -0.05) is 6.07 Å². The standard InChI is InChI=1S/C13H18FN3O/c1-10-3-4-11(9-12(10)14)15-13(18)17-7-5-16(2)6-8-17/h3-4,9H,5-8H2,1-2H3,(H,15,18). The molecule has 0 saturated carbocycles. The van der Waals surface area contributed by atoms with Gasteiger partial charge in [-0.15, -0.1) is 0 Å². The molecule has 0 radical (unpaired) electrons. The number of hydrogen-bond acceptors (Lipinski definition) is 2. The van der Waals surface area contributed by atoms with Gasteiger partial charge in [0, 0.05) is 31.9 Å². The molecule has 0 bridgehead atoms. The van der Waals surface area contributed by atoms with Crippen LogP contribution in [-0.2, 0) is 0 Å². The lowest BCUT2D eigenvalue weighted by atomic mass is 10.2. The molecule has 1 aliphatic heterocycles. The molecule has 1 saturated heterocycles. The summed E-state index contributed by atoms with van der Waals surface area (Å²) in [6.45, 7) is 4.85. The van der Waals surface area contributed by atoms with Gasteiger partial charge in [-0.05, 0) is 31.7 Å². The van der Waals surface area contributed by atoms with Crippen LogP contribution >= 0.6 is 0 Å². The molecule has 98 valence electrons. The minimum Gasteiger partial charge on any atom is -0.322 e. The van der Waals surface area contributed by atoms with E-state index in [1.54, 1.807) is 24.0 Å². The van der Waals surface area contributed by atoms with E-state index in [-0.39, 0.29) is 11.8 Å². The second-order valence-corrected chi connectivity index (χ2v) is 4.68. The number of aryl methyl sites for hydroxylation is 1. The molecule has 0 aliphatic carbocycles. The first kappa shape index (κ1) is 12.8. The van der Waals surface area contributed by atoms with Gasteiger partial charge in [-0.25, -0.2) is 9.18 Å². The normalized spacial score (nSPS) is 16.7. The molecule has 1 aliphatic rings. The van der Waals surface area contributed by atoms with Crippen LogP contribution < -0.4 is 5.32 Å². The maximum Gasteiger partial charge on any atom is 0.321 e. The van der Waals surface area contributed by atoms with E-state index in [0.717, 1.165) is 13.1 Å². The minimum atomic E-state index is -0.300. The molecular weight excluding hydrogens is 233 g/mol. The Morgan fingerprint density at radius 1 is 1.28 bits per heavy atom. The van der Waals surface area contributed by atoms with E-state index < -0.39 is 0 Å². The Kier molecular flexibility index (Phi) is 3.81. The molecule has 1 aromatic rings. The number of nitrogens with one attached hydrogen (secondary N) is 1. The first-order valence-electron chi connectivity index (χ1n) is 6.07. The van der Waals surface area contributed by atoms with Crippen LogP contribution in [0.1, 0.15) is 5.56 Å². The zero-order chi connectivity index (χ0) is 13.1. The monoisotopic (exact) mass is 251 g/mol. The van der Waals surface area contributed by atoms with Crippen molar-refractivity contribution >= 4 is 11.7 Å². The number of carbonyl (C=O) groups is 1. The minimum absolute atomic E-state index is 0.161. The van der Waals surface area contributed by atoms with Crippen LogP contribution in [0.4, 0.5) is 14.9 Å². The highest BCUT2D eigenvalue weighted by atomic mass is 19.1. The molecule has 0 spiro atoms. The fourth-order valence-corrected chi connectivity index (χ4v) is 1.88. The SMILES string of the molecule is Cc1ccc(NC(=O)N2CCN(C)CC2)cc1F. The van der Waals surface area contributed by atoms with Crippen molar-refractivity contribution in [3.05, 3.63) is 29.6 Å². The van der Waals surface area contributed by atoms with E-state index in [9.17, 15) is 9.18 Å². The number of halogens is 1. The topological polar surface area (TPSA) is 35.6 Å². The Labute approximate surface area is 106 Å². The van der Waals surface area contributed by atoms with Crippen molar-refractivity contribution in [3.8, 4) is 0 Å². The maximum atomic E-state index is 13.4. The predicted molar refractivity (Wildman–Crippen MR) is 69.2 cm³/mol. The first-order valence-corrected chi connectivity index (χ1v) is 6.07. The zero-order valence-electron chi connectivity index (χ0n) is 10.7. The molecule has 4 nitrogen and oxygen atoms in total. The number of carbonyl (C=O) groups excluding carboxylic acids is 1. The van der Waals surface area contributed by atoms with Crippen molar-refractivity contribution in [2.75, 3.05) is 38.5 Å². The average Bonchev–Trinajstić information content (AvgIpc) is 2.34. The lowest BCUT2D eigenvalue weighted by Crippen LogP contribution is -2.48. The molecular formula is C13H18FN3O. The molecule has 5 heteroatoms. The summed E-state index contributed by atoms with van der Waals surface area (Å²) in [6.07, 6.45) is 0. The van der Waals surface area contributed by atoms with Gasteiger partial charge in [0.25, 0.3) is 0 Å². The van der Waals surface area contributed by atoms with Crippen molar-refractivity contribution < 1.29 is 9.18 Å². The van der Waals surface area contributed by atoms with Gasteiger partial charge >= 0.3 is 6.03 Å². The highest BCUT2D eigenvalue weighted by Crippen LogP contribution is 2.14. The smallest absolute Gasteiger partial charge is 0.321 e. The van der Waals surface area contributed by atoms with Crippen LogP contribution in [0.5, 0.6) is 0 Å². The summed E-state index contributed by atoms with van der Waals surface area (Å²) in [5, 5.41) is 2.72. The number of hydrogen-bond donors (Lipinski definition) is 1. The highest BCUT2D eigenvalue weighted by molar-refractivity contribution is 5.89. The van der Waals surface area contributed by atoms with Gasteiger partial charge in [0.2, 0.25) is 0 Å². The number of rotatable bonds is 1. The zero-order valence-corrected chi connectivity index (χ0v) is 10.7. The summed E-state index contributed by atoms with van der Waals surface area (Å²) >= 11 is 0. The Bertz CT molecular complexity index is 442.